The van der Waals surface area contributed by atoms with Crippen LogP contribution in [0.25, 0.3) is 0 Å². The Morgan fingerprint density at radius 2 is 0.878 bits per heavy atom. The predicted octanol–water partition coefficient (Wildman–Crippen LogP) is 8.45. The van der Waals surface area contributed by atoms with E-state index in [1.54, 1.807) is 0 Å². The van der Waals surface area contributed by atoms with Gasteiger partial charge in [0.1, 0.15) is 6.61 Å². The van der Waals surface area contributed by atoms with Gasteiger partial charge in [0.05, 0.1) is 6.61 Å². The number of esters is 2. The van der Waals surface area contributed by atoms with Crippen molar-refractivity contribution in [2.45, 2.75) is 224 Å². The Morgan fingerprint density at radius 3 is 1.20 bits per heavy atom. The van der Waals surface area contributed by atoms with Crippen LogP contribution in [-0.2, 0) is 28.2 Å². The first kappa shape index (κ1) is 8.27. The molecule has 0 saturated carbocycles. The topological polar surface area (TPSA) is 122 Å². The zero-order valence-corrected chi connectivity index (χ0v) is 27.6. The molecule has 0 bridgehead atoms. The summed E-state index contributed by atoms with van der Waals surface area (Å²) >= 11 is 0. The molecule has 0 spiro atoms. The SMILES string of the molecule is [2H]C([2H])([2H])C([2H])([2H])C([2H])([2H])C([2H])([2H])C([2H])([2H])C([2H])([2H])C([2H])([2H])C([2H])([2H])C([2H])([2H])C([2H])([2H])C([2H])([2H])C([2H])([2H])C([2H])([2H])C([2H])([2H])C([2H])([2H])C([2H])([2H])C([2H])([2H])C(=O)OC[C@H](COP(=O)([O-])O)OC(=O)C([2H])([2H])C([2H])([2H])C([2H])([2H])C([2H])([2H])C([2H])([2H])C([2H])([2H])C([2H])([2H])C([2H])([2H])C([2H])([2H])C([2H])([2H])C([2H])([2H])C([2H])([2H])C([2H])([2H])C([2H])([2H])C([2H])([2H])C([2H])([2H])C([2H])([2H])[2H].[Na+]. The Morgan fingerprint density at radius 1 is 0.571 bits per heavy atom. The van der Waals surface area contributed by atoms with E-state index in [1.807, 2.05) is 0 Å². The summed E-state index contributed by atoms with van der Waals surface area (Å²) in [6, 6.07) is 0. The van der Waals surface area contributed by atoms with E-state index in [9.17, 15) is 23.9 Å². The van der Waals surface area contributed by atoms with E-state index in [2.05, 4.69) is 14.0 Å². The minimum atomic E-state index is -6.38. The predicted molar refractivity (Wildman–Crippen MR) is 196 cm³/mol. The van der Waals surface area contributed by atoms with Crippen LogP contribution < -0.4 is 34.5 Å². The fraction of sp³-hybridized carbons (Fsp3) is 0.949. The molecule has 286 valence electrons. The molecule has 0 radical (unpaired) electrons. The van der Waals surface area contributed by atoms with Gasteiger partial charge in [0.15, 0.2) is 6.10 Å². The van der Waals surface area contributed by atoms with Crippen LogP contribution in [0.4, 0.5) is 0 Å². The minimum Gasteiger partial charge on any atom is -0.756 e. The average Bonchev–Trinajstić information content (AvgIpc) is 0.680. The number of hydrogen-bond donors (Lipinski definition) is 1. The molecule has 1 unspecified atom stereocenters. The molecule has 0 rings (SSSR count). The Labute approximate surface area is 422 Å². The molecule has 8 nitrogen and oxygen atoms in total. The van der Waals surface area contributed by atoms with Gasteiger partial charge in [-0.2, -0.15) is 0 Å². The van der Waals surface area contributed by atoms with E-state index >= 15 is 0 Å². The first-order valence-electron chi connectivity index (χ1n) is 46.7. The van der Waals surface area contributed by atoms with Crippen LogP contribution in [0.5, 0.6) is 0 Å². The zero-order valence-electron chi connectivity index (χ0n) is 94.7. The molecule has 10 heteroatoms. The van der Waals surface area contributed by atoms with Crippen molar-refractivity contribution in [2.24, 2.45) is 0 Å². The van der Waals surface area contributed by atoms with Gasteiger partial charge in [0.25, 0.3) is 7.82 Å². The molecule has 2 atom stereocenters. The molecular formula is C39H76NaO8P. The summed E-state index contributed by atoms with van der Waals surface area (Å²) in [4.78, 5) is 48.3. The van der Waals surface area contributed by atoms with Gasteiger partial charge in [-0.1, -0.05) is 192 Å². The molecule has 0 aromatic heterocycles. The van der Waals surface area contributed by atoms with Gasteiger partial charge in [-0.3, -0.25) is 14.2 Å². The van der Waals surface area contributed by atoms with E-state index in [0.717, 1.165) is 0 Å². The van der Waals surface area contributed by atoms with Crippen molar-refractivity contribution >= 4 is 19.8 Å². The third-order valence-corrected chi connectivity index (χ3v) is 3.65. The van der Waals surface area contributed by atoms with Crippen molar-refractivity contribution in [3.8, 4) is 0 Å². The van der Waals surface area contributed by atoms with E-state index < -0.39 is 257 Å². The summed E-state index contributed by atoms with van der Waals surface area (Å²) in [6.45, 7) is -13.3. The van der Waals surface area contributed by atoms with E-state index in [-0.39, 0.29) is 29.6 Å². The third-order valence-electron chi connectivity index (χ3n) is 3.18. The molecule has 1 N–H and O–H groups in total. The molecular weight excluding hydrogens is 650 g/mol. The quantitative estimate of drug-likeness (QED) is 0.0376. The summed E-state index contributed by atoms with van der Waals surface area (Å²) in [6.07, 6.45) is -175. The Hall–Kier alpha value is 0.0500. The third kappa shape index (κ3) is 42.4. The fourth-order valence-corrected chi connectivity index (χ4v) is 2.01. The summed E-state index contributed by atoms with van der Waals surface area (Å²) in [5, 5.41) is 0. The van der Waals surface area contributed by atoms with Crippen molar-refractivity contribution in [1.29, 1.82) is 0 Å². The van der Waals surface area contributed by atoms with Crippen LogP contribution in [0, 0.1) is 0 Å². The second-order valence-electron chi connectivity index (χ2n) is 6.39. The largest absolute Gasteiger partial charge is 1.00 e. The van der Waals surface area contributed by atoms with Gasteiger partial charge in [-0.05, 0) is 12.7 Å². The van der Waals surface area contributed by atoms with Crippen molar-refractivity contribution in [3.05, 3.63) is 0 Å². The first-order chi connectivity index (χ1) is 49.6. The van der Waals surface area contributed by atoms with Gasteiger partial charge in [0.2, 0.25) is 0 Å². The summed E-state index contributed by atoms with van der Waals surface area (Å²) in [7, 11) is -6.38. The Balaban J connectivity index is 0. The number of carbonyl (C=O) groups excluding carboxylic acids is 2. The number of rotatable bonds is 38. The summed E-state index contributed by atoms with van der Waals surface area (Å²) in [5.74, 6) is -6.39. The van der Waals surface area contributed by atoms with E-state index in [1.165, 1.54) is 0 Å². The normalized spacial score (nSPS) is 44.1. The maximum atomic E-state index is 13.7. The van der Waals surface area contributed by atoms with Gasteiger partial charge in [0, 0.05) is 109 Å². The number of ether oxygens (including phenoxy) is 2. The number of carbonyl (C=O) groups is 2. The minimum absolute atomic E-state index is 0. The summed E-state index contributed by atoms with van der Waals surface area (Å²) in [5.41, 5.74) is 0. The molecule has 0 aromatic carbocycles. The monoisotopic (exact) mass is 797 g/mol. The Bertz CT molecular complexity index is 3680. The van der Waals surface area contributed by atoms with Gasteiger partial charge in [-0.25, -0.2) is 0 Å². The van der Waals surface area contributed by atoms with E-state index in [0.29, 0.717) is 0 Å². The number of phosphoric ester groups is 1. The molecule has 49 heavy (non-hydrogen) atoms. The molecule has 0 saturated heterocycles. The maximum absolute atomic E-state index is 13.7. The summed E-state index contributed by atoms with van der Waals surface area (Å²) < 4.78 is 599. The number of phosphoric acid groups is 1. The van der Waals surface area contributed by atoms with Crippen molar-refractivity contribution in [2.75, 3.05) is 13.2 Å². The Kier molecular flexibility index (Phi) is 6.62. The first-order valence-corrected chi connectivity index (χ1v) is 13.2. The maximum Gasteiger partial charge on any atom is 1.00 e. The zero-order chi connectivity index (χ0) is 97.8. The van der Waals surface area contributed by atoms with Crippen molar-refractivity contribution < 1.29 is 163 Å². The molecule has 0 fully saturated rings. The molecule has 0 aliphatic carbocycles. The second kappa shape index (κ2) is 39.3. The van der Waals surface area contributed by atoms with Gasteiger partial charge >= 0.3 is 41.5 Å². The van der Waals surface area contributed by atoms with Crippen molar-refractivity contribution in [1.82, 2.24) is 0 Å². The van der Waals surface area contributed by atoms with Crippen LogP contribution >= 0.6 is 7.82 Å². The van der Waals surface area contributed by atoms with Crippen LogP contribution in [0.3, 0.4) is 0 Å². The number of hydrogen-bond acceptors (Lipinski definition) is 7. The smallest absolute Gasteiger partial charge is 0.756 e. The second-order valence-corrected chi connectivity index (χ2v) is 7.59. The van der Waals surface area contributed by atoms with Gasteiger partial charge < -0.3 is 23.8 Å². The van der Waals surface area contributed by atoms with E-state index in [4.69, 9.17) is 96.0 Å². The van der Waals surface area contributed by atoms with Crippen LogP contribution in [0.2, 0.25) is 0 Å². The van der Waals surface area contributed by atoms with Gasteiger partial charge in [-0.15, -0.1) is 0 Å². The fourth-order valence-electron chi connectivity index (χ4n) is 1.66. The molecule has 0 amide bonds. The van der Waals surface area contributed by atoms with Crippen molar-refractivity contribution in [3.63, 3.8) is 0 Å². The standard InChI is InChI=1S/C39H77O8P.Na/c1-3-5-7-9-11-13-15-17-19-21-23-25-27-29-31-33-38(40)45-35-37(36-46-48(42,43)44)47-39(41)34-32-30-28-26-24-22-20-18-16-14-12-10-8-6-4-2;/h37H,3-36H2,1-2H3,(H2,42,43,44);/q;+1/p-1/t37-;/m1./s1/i1D3,2D3,3D2,4D2,5D2,6D2,7D2,8D2,9D2,10D2,11D2,12D2,13D2,14D2,15D2,16D2,17D2,18D2,19D2,20D2,21D2,22D2,23D2,24D2,25D2,26D2,27D2,28D2,29D2,30D2,31D2,32D2,33D2,34D2;. The average molecular weight is 797 g/mol. The molecule has 0 aliphatic rings. The van der Waals surface area contributed by atoms with Crippen LogP contribution in [0.15, 0.2) is 0 Å². The van der Waals surface area contributed by atoms with Crippen LogP contribution in [-0.4, -0.2) is 36.1 Å². The molecule has 0 aliphatic heterocycles. The molecule has 0 aromatic rings. The molecule has 0 heterocycles. The van der Waals surface area contributed by atoms with Crippen LogP contribution in [0.1, 0.15) is 314 Å².